The van der Waals surface area contributed by atoms with E-state index in [4.69, 9.17) is 15.6 Å². The maximum absolute atomic E-state index is 12.1. The number of amides is 2. The third kappa shape index (κ3) is 9.80. The van der Waals surface area contributed by atoms with Crippen LogP contribution in [-0.4, -0.2) is 45.4 Å². The molecule has 3 aromatic rings. The molecule has 1 unspecified atom stereocenters. The van der Waals surface area contributed by atoms with Crippen molar-refractivity contribution < 1.29 is 24.2 Å². The van der Waals surface area contributed by atoms with Crippen molar-refractivity contribution in [1.82, 2.24) is 15.3 Å². The van der Waals surface area contributed by atoms with Crippen LogP contribution in [0, 0.1) is 0 Å². The van der Waals surface area contributed by atoms with Crippen molar-refractivity contribution in [1.29, 1.82) is 0 Å². The summed E-state index contributed by atoms with van der Waals surface area (Å²) < 4.78 is 5.73. The van der Waals surface area contributed by atoms with E-state index in [0.29, 0.717) is 30.2 Å². The minimum atomic E-state index is -1.01. The van der Waals surface area contributed by atoms with E-state index in [0.717, 1.165) is 12.1 Å². The van der Waals surface area contributed by atoms with Crippen molar-refractivity contribution in [2.45, 2.75) is 39.2 Å². The summed E-state index contributed by atoms with van der Waals surface area (Å²) in [7, 11) is 0. The lowest BCUT2D eigenvalue weighted by Crippen LogP contribution is -2.41. The molecule has 1 atom stereocenters. The SMILES string of the molecule is CCCC(NC(=O)Cc1cccc(Oc2ccccc2)c1)C(=O)O.CCNc1cncc(C(N)=O)n1. The Kier molecular flexibility index (Phi) is 11.4. The Bertz CT molecular complexity index is 1140. The first-order valence-electron chi connectivity index (χ1n) is 11.5. The van der Waals surface area contributed by atoms with E-state index in [9.17, 15) is 14.4 Å². The fourth-order valence-electron chi connectivity index (χ4n) is 3.07. The minimum absolute atomic E-state index is 0.111. The van der Waals surface area contributed by atoms with Crippen LogP contribution in [0.25, 0.3) is 0 Å². The van der Waals surface area contributed by atoms with Crippen LogP contribution in [0.1, 0.15) is 42.7 Å². The molecule has 5 N–H and O–H groups in total. The zero-order valence-electron chi connectivity index (χ0n) is 20.3. The molecule has 0 saturated heterocycles. The van der Waals surface area contributed by atoms with Gasteiger partial charge >= 0.3 is 5.97 Å². The van der Waals surface area contributed by atoms with Crippen molar-refractivity contribution in [3.63, 3.8) is 0 Å². The number of carbonyl (C=O) groups is 3. The molecule has 190 valence electrons. The summed E-state index contributed by atoms with van der Waals surface area (Å²) >= 11 is 0. The van der Waals surface area contributed by atoms with Crippen molar-refractivity contribution in [3.8, 4) is 11.5 Å². The van der Waals surface area contributed by atoms with Gasteiger partial charge in [0.15, 0.2) is 0 Å². The number of nitrogens with zero attached hydrogens (tertiary/aromatic N) is 2. The number of nitrogens with two attached hydrogens (primary N) is 1. The smallest absolute Gasteiger partial charge is 0.326 e. The number of ether oxygens (including phenoxy) is 1. The molecule has 0 aliphatic heterocycles. The van der Waals surface area contributed by atoms with Gasteiger partial charge in [0.25, 0.3) is 5.91 Å². The number of primary amides is 1. The lowest BCUT2D eigenvalue weighted by Gasteiger charge is -2.13. The van der Waals surface area contributed by atoms with Gasteiger partial charge in [-0.2, -0.15) is 0 Å². The number of hydrogen-bond donors (Lipinski definition) is 4. The molecule has 2 amide bonds. The molecule has 10 heteroatoms. The molecule has 0 saturated carbocycles. The zero-order valence-corrected chi connectivity index (χ0v) is 20.3. The third-order valence-electron chi connectivity index (χ3n) is 4.70. The van der Waals surface area contributed by atoms with Gasteiger partial charge in [0.05, 0.1) is 18.8 Å². The number of nitrogens with one attached hydrogen (secondary N) is 2. The second kappa shape index (κ2) is 14.7. The number of hydrogen-bond acceptors (Lipinski definition) is 7. The Morgan fingerprint density at radius 1 is 1.03 bits per heavy atom. The molecule has 1 heterocycles. The van der Waals surface area contributed by atoms with Crippen molar-refractivity contribution in [3.05, 3.63) is 78.2 Å². The minimum Gasteiger partial charge on any atom is -0.480 e. The van der Waals surface area contributed by atoms with Crippen LogP contribution < -0.4 is 21.1 Å². The molecule has 2 aromatic carbocycles. The quantitative estimate of drug-likeness (QED) is 0.317. The first kappa shape index (κ1) is 27.8. The van der Waals surface area contributed by atoms with Crippen LogP contribution in [0.3, 0.4) is 0 Å². The number of benzene rings is 2. The predicted molar refractivity (Wildman–Crippen MR) is 136 cm³/mol. The van der Waals surface area contributed by atoms with Crippen molar-refractivity contribution in [2.24, 2.45) is 5.73 Å². The van der Waals surface area contributed by atoms with E-state index in [2.05, 4.69) is 20.6 Å². The highest BCUT2D eigenvalue weighted by molar-refractivity contribution is 5.90. The molecule has 36 heavy (non-hydrogen) atoms. The van der Waals surface area contributed by atoms with E-state index < -0.39 is 17.9 Å². The van der Waals surface area contributed by atoms with Gasteiger partial charge in [0, 0.05) is 6.54 Å². The van der Waals surface area contributed by atoms with Gasteiger partial charge in [-0.1, -0.05) is 43.7 Å². The number of carboxylic acid groups (broad SMARTS) is 1. The van der Waals surface area contributed by atoms with Crippen LogP contribution in [-0.2, 0) is 16.0 Å². The summed E-state index contributed by atoms with van der Waals surface area (Å²) in [5.74, 6) is 0.0259. The largest absolute Gasteiger partial charge is 0.480 e. The molecular formula is C26H31N5O5. The average Bonchev–Trinajstić information content (AvgIpc) is 2.85. The molecule has 1 aromatic heterocycles. The lowest BCUT2D eigenvalue weighted by molar-refractivity contribution is -0.141. The second-order valence-electron chi connectivity index (χ2n) is 7.67. The number of anilines is 1. The molecular weight excluding hydrogens is 462 g/mol. The topological polar surface area (TPSA) is 157 Å². The van der Waals surface area contributed by atoms with Gasteiger partial charge in [-0.05, 0) is 43.2 Å². The molecule has 0 fully saturated rings. The Labute approximate surface area is 209 Å². The monoisotopic (exact) mass is 493 g/mol. The van der Waals surface area contributed by atoms with Crippen molar-refractivity contribution in [2.75, 3.05) is 11.9 Å². The standard InChI is InChI=1S/C19H21NO4.C7H10N4O/c1-2-7-17(19(22)23)20-18(21)13-14-8-6-11-16(12-14)24-15-9-4-3-5-10-15;1-2-10-6-4-9-3-5(11-6)7(8)12/h3-6,8-12,17H,2,7,13H2,1H3,(H,20,21)(H,22,23);3-4H,2H2,1H3,(H2,8,12)(H,10,11). The number of aromatic nitrogens is 2. The van der Waals surface area contributed by atoms with E-state index in [1.807, 2.05) is 62.4 Å². The highest BCUT2D eigenvalue weighted by atomic mass is 16.5. The van der Waals surface area contributed by atoms with E-state index in [1.165, 1.54) is 12.4 Å². The molecule has 0 radical (unpaired) electrons. The van der Waals surface area contributed by atoms with Gasteiger partial charge in [0.2, 0.25) is 5.91 Å². The Hall–Kier alpha value is -4.47. The fraction of sp³-hybridized carbons (Fsp3) is 0.269. The highest BCUT2D eigenvalue weighted by Crippen LogP contribution is 2.22. The first-order valence-corrected chi connectivity index (χ1v) is 11.5. The second-order valence-corrected chi connectivity index (χ2v) is 7.67. The van der Waals surface area contributed by atoms with Crippen LogP contribution in [0.15, 0.2) is 67.0 Å². The summed E-state index contributed by atoms with van der Waals surface area (Å²) in [6.45, 7) is 4.54. The van der Waals surface area contributed by atoms with Crippen LogP contribution in [0.5, 0.6) is 11.5 Å². The molecule has 0 spiro atoms. The van der Waals surface area contributed by atoms with Gasteiger partial charge in [-0.15, -0.1) is 0 Å². The average molecular weight is 494 g/mol. The molecule has 0 bridgehead atoms. The van der Waals surface area contributed by atoms with E-state index in [1.54, 1.807) is 6.07 Å². The molecule has 0 aliphatic carbocycles. The summed E-state index contributed by atoms with van der Waals surface area (Å²) in [5.41, 5.74) is 5.95. The number of carboxylic acids is 1. The fourth-order valence-corrected chi connectivity index (χ4v) is 3.07. The first-order chi connectivity index (χ1) is 17.3. The number of carbonyl (C=O) groups excluding carboxylic acids is 2. The highest BCUT2D eigenvalue weighted by Gasteiger charge is 2.18. The van der Waals surface area contributed by atoms with Gasteiger partial charge < -0.3 is 26.2 Å². The van der Waals surface area contributed by atoms with Crippen LogP contribution >= 0.6 is 0 Å². The third-order valence-corrected chi connectivity index (χ3v) is 4.70. The molecule has 10 nitrogen and oxygen atoms in total. The van der Waals surface area contributed by atoms with E-state index >= 15 is 0 Å². The lowest BCUT2D eigenvalue weighted by atomic mass is 10.1. The van der Waals surface area contributed by atoms with Gasteiger partial charge in [-0.3, -0.25) is 14.6 Å². The Morgan fingerprint density at radius 3 is 2.39 bits per heavy atom. The maximum Gasteiger partial charge on any atom is 0.326 e. The zero-order chi connectivity index (χ0) is 26.3. The number of rotatable bonds is 11. The summed E-state index contributed by atoms with van der Waals surface area (Å²) in [4.78, 5) is 41.5. The number of para-hydroxylation sites is 1. The van der Waals surface area contributed by atoms with Gasteiger partial charge in [0.1, 0.15) is 29.1 Å². The normalized spacial score (nSPS) is 10.8. The van der Waals surface area contributed by atoms with Gasteiger partial charge in [-0.25, -0.2) is 9.78 Å². The molecule has 3 rings (SSSR count). The number of aliphatic carboxylic acids is 1. The summed E-state index contributed by atoms with van der Waals surface area (Å²) in [5, 5.41) is 14.6. The van der Waals surface area contributed by atoms with E-state index in [-0.39, 0.29) is 18.0 Å². The van der Waals surface area contributed by atoms with Crippen molar-refractivity contribution >= 4 is 23.6 Å². The predicted octanol–water partition coefficient (Wildman–Crippen LogP) is 3.40. The Balaban J connectivity index is 0.000000319. The summed E-state index contributed by atoms with van der Waals surface area (Å²) in [6.07, 6.45) is 4.09. The van der Waals surface area contributed by atoms with Crippen LogP contribution in [0.2, 0.25) is 0 Å². The van der Waals surface area contributed by atoms with Crippen LogP contribution in [0.4, 0.5) is 5.82 Å². The maximum atomic E-state index is 12.1. The molecule has 0 aliphatic rings. The Morgan fingerprint density at radius 2 is 1.75 bits per heavy atom. The summed E-state index contributed by atoms with van der Waals surface area (Å²) in [6, 6.07) is 15.7.